The van der Waals surface area contributed by atoms with E-state index in [0.717, 1.165) is 12.8 Å². The summed E-state index contributed by atoms with van der Waals surface area (Å²) >= 11 is 0. The van der Waals surface area contributed by atoms with Gasteiger partial charge in [-0.05, 0) is 32.6 Å². The summed E-state index contributed by atoms with van der Waals surface area (Å²) in [7, 11) is 0. The van der Waals surface area contributed by atoms with Gasteiger partial charge in [0, 0.05) is 5.92 Å². The molecule has 3 atom stereocenters. The maximum Gasteiger partial charge on any atom is 0.161 e. The molecule has 1 saturated heterocycles. The molecule has 2 fully saturated rings. The van der Waals surface area contributed by atoms with Crippen LogP contribution in [0.5, 0.6) is 0 Å². The van der Waals surface area contributed by atoms with Crippen LogP contribution in [0.25, 0.3) is 0 Å². The van der Waals surface area contributed by atoms with Gasteiger partial charge in [0.25, 0.3) is 0 Å². The lowest BCUT2D eigenvalue weighted by atomic mass is 10.0. The van der Waals surface area contributed by atoms with Crippen molar-refractivity contribution in [3.8, 4) is 0 Å². The first-order chi connectivity index (χ1) is 6.79. The lowest BCUT2D eigenvalue weighted by Crippen LogP contribution is -2.40. The van der Waals surface area contributed by atoms with E-state index in [4.69, 9.17) is 9.47 Å². The Kier molecular flexibility index (Phi) is 3.45. The molecule has 1 aliphatic carbocycles. The first kappa shape index (κ1) is 10.4. The minimum atomic E-state index is 0.103. The molecule has 0 aromatic heterocycles. The van der Waals surface area contributed by atoms with E-state index in [1.807, 2.05) is 0 Å². The first-order valence-corrected chi connectivity index (χ1v) is 6.10. The molecule has 2 heteroatoms. The highest BCUT2D eigenvalue weighted by Gasteiger charge is 2.33. The van der Waals surface area contributed by atoms with E-state index in [1.165, 1.54) is 25.7 Å². The van der Waals surface area contributed by atoms with Crippen molar-refractivity contribution in [1.29, 1.82) is 0 Å². The van der Waals surface area contributed by atoms with Crippen LogP contribution in [-0.2, 0) is 9.47 Å². The fraction of sp³-hybridized carbons (Fsp3) is 1.00. The summed E-state index contributed by atoms with van der Waals surface area (Å²) < 4.78 is 11.8. The second kappa shape index (κ2) is 4.63. The average molecular weight is 198 g/mol. The molecule has 2 nitrogen and oxygen atoms in total. The number of hydrogen-bond acceptors (Lipinski definition) is 2. The van der Waals surface area contributed by atoms with E-state index in [-0.39, 0.29) is 6.29 Å². The Morgan fingerprint density at radius 2 is 1.86 bits per heavy atom. The smallest absolute Gasteiger partial charge is 0.161 e. The minimum absolute atomic E-state index is 0.103. The zero-order valence-corrected chi connectivity index (χ0v) is 9.37. The summed E-state index contributed by atoms with van der Waals surface area (Å²) in [6, 6.07) is 0. The van der Waals surface area contributed by atoms with E-state index in [2.05, 4.69) is 13.8 Å². The van der Waals surface area contributed by atoms with Crippen molar-refractivity contribution in [3.05, 3.63) is 0 Å². The third-order valence-electron chi connectivity index (χ3n) is 3.53. The predicted octanol–water partition coefficient (Wildman–Crippen LogP) is 3.11. The molecule has 0 N–H and O–H groups in total. The zero-order chi connectivity index (χ0) is 9.97. The van der Waals surface area contributed by atoms with Gasteiger partial charge in [0.2, 0.25) is 0 Å². The molecule has 0 aromatic carbocycles. The van der Waals surface area contributed by atoms with Gasteiger partial charge in [0.1, 0.15) is 0 Å². The van der Waals surface area contributed by atoms with Crippen LogP contribution < -0.4 is 0 Å². The van der Waals surface area contributed by atoms with Crippen LogP contribution in [-0.4, -0.2) is 18.5 Å². The van der Waals surface area contributed by atoms with Gasteiger partial charge in [0.15, 0.2) is 6.29 Å². The Labute approximate surface area is 87.0 Å². The van der Waals surface area contributed by atoms with Crippen LogP contribution in [0.4, 0.5) is 0 Å². The van der Waals surface area contributed by atoms with Gasteiger partial charge in [-0.1, -0.05) is 19.8 Å². The van der Waals surface area contributed by atoms with Gasteiger partial charge in [-0.2, -0.15) is 0 Å². The summed E-state index contributed by atoms with van der Waals surface area (Å²) in [5, 5.41) is 0. The largest absolute Gasteiger partial charge is 0.349 e. The molecular formula is C12H22O2. The Morgan fingerprint density at radius 3 is 2.50 bits per heavy atom. The van der Waals surface area contributed by atoms with E-state index in [9.17, 15) is 0 Å². The molecule has 0 amide bonds. The number of ether oxygens (including phenoxy) is 2. The minimum Gasteiger partial charge on any atom is -0.349 e. The summed E-state index contributed by atoms with van der Waals surface area (Å²) in [6.07, 6.45) is 8.44. The predicted molar refractivity (Wildman–Crippen MR) is 56.1 cm³/mol. The van der Waals surface area contributed by atoms with Gasteiger partial charge in [-0.3, -0.25) is 0 Å². The molecule has 82 valence electrons. The fourth-order valence-corrected chi connectivity index (χ4v) is 2.65. The molecule has 0 radical (unpaired) electrons. The molecule has 3 unspecified atom stereocenters. The van der Waals surface area contributed by atoms with Gasteiger partial charge in [-0.25, -0.2) is 0 Å². The van der Waals surface area contributed by atoms with Crippen molar-refractivity contribution < 1.29 is 9.47 Å². The lowest BCUT2D eigenvalue weighted by Gasteiger charge is -2.36. The Bertz CT molecular complexity index is 175. The Balaban J connectivity index is 1.90. The molecule has 2 rings (SSSR count). The summed E-state index contributed by atoms with van der Waals surface area (Å²) in [5.74, 6) is 0.673. The van der Waals surface area contributed by atoms with Crippen LogP contribution in [0.1, 0.15) is 52.4 Å². The highest BCUT2D eigenvalue weighted by Crippen LogP contribution is 2.34. The van der Waals surface area contributed by atoms with Crippen molar-refractivity contribution in [2.45, 2.75) is 70.9 Å². The highest BCUT2D eigenvalue weighted by molar-refractivity contribution is 4.76. The van der Waals surface area contributed by atoms with Crippen molar-refractivity contribution in [3.63, 3.8) is 0 Å². The Hall–Kier alpha value is -0.0800. The lowest BCUT2D eigenvalue weighted by molar-refractivity contribution is -0.259. The van der Waals surface area contributed by atoms with Crippen LogP contribution in [0.2, 0.25) is 0 Å². The van der Waals surface area contributed by atoms with E-state index in [0.29, 0.717) is 18.1 Å². The maximum absolute atomic E-state index is 5.97. The van der Waals surface area contributed by atoms with Crippen molar-refractivity contribution >= 4 is 0 Å². The summed E-state index contributed by atoms with van der Waals surface area (Å²) in [6.45, 7) is 4.38. The van der Waals surface area contributed by atoms with E-state index < -0.39 is 0 Å². The van der Waals surface area contributed by atoms with Crippen LogP contribution in [0, 0.1) is 5.92 Å². The molecule has 1 aliphatic heterocycles. The first-order valence-electron chi connectivity index (χ1n) is 6.10. The molecule has 2 aliphatic rings. The third-order valence-corrected chi connectivity index (χ3v) is 3.53. The quantitative estimate of drug-likeness (QED) is 0.678. The highest BCUT2D eigenvalue weighted by atomic mass is 16.7. The van der Waals surface area contributed by atoms with E-state index in [1.54, 1.807) is 0 Å². The van der Waals surface area contributed by atoms with Gasteiger partial charge >= 0.3 is 0 Å². The molecule has 1 heterocycles. The summed E-state index contributed by atoms with van der Waals surface area (Å²) in [5.41, 5.74) is 0. The van der Waals surface area contributed by atoms with Crippen LogP contribution >= 0.6 is 0 Å². The van der Waals surface area contributed by atoms with Crippen molar-refractivity contribution in [2.24, 2.45) is 5.92 Å². The SMILES string of the molecule is CCC1CC(C)OC(C2CCCC2)O1. The topological polar surface area (TPSA) is 18.5 Å². The number of rotatable bonds is 2. The van der Waals surface area contributed by atoms with Crippen molar-refractivity contribution in [1.82, 2.24) is 0 Å². The monoisotopic (exact) mass is 198 g/mol. The zero-order valence-electron chi connectivity index (χ0n) is 9.37. The normalized spacial score (nSPS) is 40.3. The summed E-state index contributed by atoms with van der Waals surface area (Å²) in [4.78, 5) is 0. The average Bonchev–Trinajstić information content (AvgIpc) is 2.69. The van der Waals surface area contributed by atoms with Crippen molar-refractivity contribution in [2.75, 3.05) is 0 Å². The molecule has 0 aromatic rings. The molecule has 1 saturated carbocycles. The Morgan fingerprint density at radius 1 is 1.14 bits per heavy atom. The molecule has 0 spiro atoms. The molecular weight excluding hydrogens is 176 g/mol. The van der Waals surface area contributed by atoms with Gasteiger partial charge in [-0.15, -0.1) is 0 Å². The molecule has 0 bridgehead atoms. The molecule has 14 heavy (non-hydrogen) atoms. The standard InChI is InChI=1S/C12H22O2/c1-3-11-8-9(2)13-12(14-11)10-6-4-5-7-10/h9-12H,3-8H2,1-2H3. The maximum atomic E-state index is 5.97. The second-order valence-electron chi connectivity index (χ2n) is 4.76. The second-order valence-corrected chi connectivity index (χ2v) is 4.76. The van der Waals surface area contributed by atoms with Gasteiger partial charge < -0.3 is 9.47 Å². The number of hydrogen-bond donors (Lipinski definition) is 0. The van der Waals surface area contributed by atoms with Gasteiger partial charge in [0.05, 0.1) is 12.2 Å². The third kappa shape index (κ3) is 2.29. The fourth-order valence-electron chi connectivity index (χ4n) is 2.65. The van der Waals surface area contributed by atoms with E-state index >= 15 is 0 Å². The van der Waals surface area contributed by atoms with Crippen LogP contribution in [0.15, 0.2) is 0 Å². The van der Waals surface area contributed by atoms with Crippen LogP contribution in [0.3, 0.4) is 0 Å².